The molecule has 29 heavy (non-hydrogen) atoms. The summed E-state index contributed by atoms with van der Waals surface area (Å²) in [6.45, 7) is 4.70. The van der Waals surface area contributed by atoms with Crippen molar-refractivity contribution in [2.45, 2.75) is 26.8 Å². The standard InChI is InChI=1S/C21H19FN6O/c1-12-15(9-24-13(2)27-12)20-18-5-7-23-21(28(18)11-26-20)25-10-16-14-6-8-29-19(14)4-3-17(16)22/h3-5,7,9,11H,6,8,10H2,1-2H3,(H,23,25). The molecule has 1 aliphatic rings. The Balaban J connectivity index is 1.50. The summed E-state index contributed by atoms with van der Waals surface area (Å²) in [7, 11) is 0. The summed E-state index contributed by atoms with van der Waals surface area (Å²) in [6.07, 6.45) is 5.91. The molecule has 7 nitrogen and oxygen atoms in total. The second-order valence-electron chi connectivity index (χ2n) is 6.99. The van der Waals surface area contributed by atoms with Crippen molar-refractivity contribution >= 4 is 11.5 Å². The number of nitrogens with one attached hydrogen (secondary N) is 1. The normalized spacial score (nSPS) is 12.8. The van der Waals surface area contributed by atoms with Crippen molar-refractivity contribution in [1.29, 1.82) is 0 Å². The van der Waals surface area contributed by atoms with E-state index in [0.29, 0.717) is 31.1 Å². The number of aryl methyl sites for hydroxylation is 2. The van der Waals surface area contributed by atoms with Crippen LogP contribution in [0.3, 0.4) is 0 Å². The summed E-state index contributed by atoms with van der Waals surface area (Å²) in [6, 6.07) is 5.03. The van der Waals surface area contributed by atoms with E-state index in [0.717, 1.165) is 39.6 Å². The fourth-order valence-corrected chi connectivity index (χ4v) is 3.75. The van der Waals surface area contributed by atoms with Gasteiger partial charge in [0.1, 0.15) is 23.7 Å². The number of nitrogens with zero attached hydrogens (tertiary/aromatic N) is 5. The van der Waals surface area contributed by atoms with Crippen molar-refractivity contribution in [2.24, 2.45) is 0 Å². The summed E-state index contributed by atoms with van der Waals surface area (Å²) >= 11 is 0. The average molecular weight is 390 g/mol. The van der Waals surface area contributed by atoms with Gasteiger partial charge in [0.15, 0.2) is 0 Å². The van der Waals surface area contributed by atoms with Gasteiger partial charge in [0.25, 0.3) is 0 Å². The van der Waals surface area contributed by atoms with Crippen LogP contribution in [-0.2, 0) is 13.0 Å². The van der Waals surface area contributed by atoms with Crippen molar-refractivity contribution < 1.29 is 9.13 Å². The molecule has 1 aromatic carbocycles. The number of fused-ring (bicyclic) bond motifs is 2. The van der Waals surface area contributed by atoms with Crippen molar-refractivity contribution in [3.8, 4) is 17.0 Å². The van der Waals surface area contributed by atoms with E-state index in [-0.39, 0.29) is 5.82 Å². The first-order chi connectivity index (χ1) is 14.1. The lowest BCUT2D eigenvalue weighted by Gasteiger charge is -2.12. The molecule has 0 saturated carbocycles. The molecule has 0 unspecified atom stereocenters. The molecule has 5 rings (SSSR count). The quantitative estimate of drug-likeness (QED) is 0.575. The predicted molar refractivity (Wildman–Crippen MR) is 106 cm³/mol. The molecule has 0 radical (unpaired) electrons. The molecule has 1 aliphatic heterocycles. The summed E-state index contributed by atoms with van der Waals surface area (Å²) in [4.78, 5) is 17.7. The van der Waals surface area contributed by atoms with E-state index in [1.165, 1.54) is 6.07 Å². The van der Waals surface area contributed by atoms with Crippen LogP contribution in [0.15, 0.2) is 36.9 Å². The molecule has 0 aliphatic carbocycles. The van der Waals surface area contributed by atoms with Crippen LogP contribution < -0.4 is 10.1 Å². The van der Waals surface area contributed by atoms with Gasteiger partial charge in [0.2, 0.25) is 5.95 Å². The Morgan fingerprint density at radius 3 is 2.93 bits per heavy atom. The molecule has 0 bridgehead atoms. The highest BCUT2D eigenvalue weighted by Crippen LogP contribution is 2.31. The SMILES string of the molecule is Cc1ncc(-c2ncn3c(NCc4c(F)ccc5c4CCO5)nccc23)c(C)n1. The molecular formula is C21H19FN6O. The van der Waals surface area contributed by atoms with Gasteiger partial charge in [-0.15, -0.1) is 0 Å². The fraction of sp³-hybridized carbons (Fsp3) is 0.238. The maximum Gasteiger partial charge on any atom is 0.208 e. The zero-order valence-electron chi connectivity index (χ0n) is 16.1. The Labute approximate surface area is 166 Å². The van der Waals surface area contributed by atoms with Gasteiger partial charge in [-0.2, -0.15) is 0 Å². The average Bonchev–Trinajstić information content (AvgIpc) is 3.35. The smallest absolute Gasteiger partial charge is 0.208 e. The molecule has 0 fully saturated rings. The number of hydrogen-bond acceptors (Lipinski definition) is 6. The first-order valence-corrected chi connectivity index (χ1v) is 9.41. The molecule has 8 heteroatoms. The minimum Gasteiger partial charge on any atom is -0.493 e. The van der Waals surface area contributed by atoms with E-state index in [4.69, 9.17) is 4.74 Å². The van der Waals surface area contributed by atoms with Gasteiger partial charge >= 0.3 is 0 Å². The van der Waals surface area contributed by atoms with Crippen LogP contribution in [0.25, 0.3) is 16.8 Å². The van der Waals surface area contributed by atoms with Gasteiger partial charge < -0.3 is 10.1 Å². The van der Waals surface area contributed by atoms with Crippen molar-refractivity contribution in [3.63, 3.8) is 0 Å². The minimum absolute atomic E-state index is 0.243. The van der Waals surface area contributed by atoms with E-state index >= 15 is 0 Å². The summed E-state index contributed by atoms with van der Waals surface area (Å²) < 4.78 is 21.8. The Hall–Kier alpha value is -3.55. The third-order valence-corrected chi connectivity index (χ3v) is 5.18. The maximum atomic E-state index is 14.4. The highest BCUT2D eigenvalue weighted by molar-refractivity contribution is 5.78. The fourth-order valence-electron chi connectivity index (χ4n) is 3.75. The van der Waals surface area contributed by atoms with Crippen molar-refractivity contribution in [3.05, 3.63) is 65.4 Å². The zero-order valence-corrected chi connectivity index (χ0v) is 16.1. The molecular weight excluding hydrogens is 371 g/mol. The van der Waals surface area contributed by atoms with Gasteiger partial charge in [-0.1, -0.05) is 0 Å². The Kier molecular flexibility index (Phi) is 4.12. The zero-order chi connectivity index (χ0) is 20.0. The van der Waals surface area contributed by atoms with E-state index in [1.54, 1.807) is 24.8 Å². The van der Waals surface area contributed by atoms with E-state index in [1.807, 2.05) is 24.3 Å². The molecule has 0 atom stereocenters. The second kappa shape index (κ2) is 6.80. The summed E-state index contributed by atoms with van der Waals surface area (Å²) in [5.74, 6) is 1.82. The number of rotatable bonds is 4. The molecule has 4 heterocycles. The molecule has 0 amide bonds. The van der Waals surface area contributed by atoms with Crippen LogP contribution in [0.4, 0.5) is 10.3 Å². The van der Waals surface area contributed by atoms with Crippen LogP contribution in [-0.4, -0.2) is 30.9 Å². The largest absolute Gasteiger partial charge is 0.493 e. The molecule has 0 saturated heterocycles. The van der Waals surface area contributed by atoms with Crippen LogP contribution in [0.5, 0.6) is 5.75 Å². The minimum atomic E-state index is -0.243. The predicted octanol–water partition coefficient (Wildman–Crippen LogP) is 3.49. The lowest BCUT2D eigenvalue weighted by molar-refractivity contribution is 0.356. The highest BCUT2D eigenvalue weighted by atomic mass is 19.1. The lowest BCUT2D eigenvalue weighted by atomic mass is 10.0. The number of hydrogen-bond donors (Lipinski definition) is 1. The summed E-state index contributed by atoms with van der Waals surface area (Å²) in [5, 5.41) is 3.25. The molecule has 0 spiro atoms. The van der Waals surface area contributed by atoms with Crippen molar-refractivity contribution in [1.82, 2.24) is 24.3 Å². The number of halogens is 1. The molecule has 1 N–H and O–H groups in total. The van der Waals surface area contributed by atoms with E-state index in [2.05, 4.69) is 25.3 Å². The molecule has 4 aromatic rings. The topological polar surface area (TPSA) is 77.2 Å². The van der Waals surface area contributed by atoms with E-state index in [9.17, 15) is 4.39 Å². The Bertz CT molecular complexity index is 1240. The van der Waals surface area contributed by atoms with Crippen molar-refractivity contribution in [2.75, 3.05) is 11.9 Å². The Morgan fingerprint density at radius 1 is 1.17 bits per heavy atom. The van der Waals surface area contributed by atoms with Crippen LogP contribution in [0.2, 0.25) is 0 Å². The lowest BCUT2D eigenvalue weighted by Crippen LogP contribution is -2.09. The number of anilines is 1. The first kappa shape index (κ1) is 17.5. The Morgan fingerprint density at radius 2 is 2.07 bits per heavy atom. The second-order valence-corrected chi connectivity index (χ2v) is 6.99. The van der Waals surface area contributed by atoms with Gasteiger partial charge in [-0.05, 0) is 32.0 Å². The maximum absolute atomic E-state index is 14.4. The monoisotopic (exact) mass is 390 g/mol. The van der Waals surface area contributed by atoms with E-state index < -0.39 is 0 Å². The van der Waals surface area contributed by atoms with Gasteiger partial charge in [-0.3, -0.25) is 4.40 Å². The molecule has 146 valence electrons. The first-order valence-electron chi connectivity index (χ1n) is 9.41. The van der Waals surface area contributed by atoms with Crippen LogP contribution in [0.1, 0.15) is 22.6 Å². The van der Waals surface area contributed by atoms with Gasteiger partial charge in [-0.25, -0.2) is 24.3 Å². The number of ether oxygens (including phenoxy) is 1. The van der Waals surface area contributed by atoms with Crippen LogP contribution >= 0.6 is 0 Å². The van der Waals surface area contributed by atoms with Gasteiger partial charge in [0, 0.05) is 42.0 Å². The third-order valence-electron chi connectivity index (χ3n) is 5.18. The van der Waals surface area contributed by atoms with Gasteiger partial charge in [0.05, 0.1) is 23.5 Å². The highest BCUT2D eigenvalue weighted by Gasteiger charge is 2.20. The third kappa shape index (κ3) is 2.97. The number of imidazole rings is 1. The molecule has 3 aromatic heterocycles. The number of aromatic nitrogens is 5. The number of benzene rings is 1. The summed E-state index contributed by atoms with van der Waals surface area (Å²) in [5.41, 5.74) is 4.93. The van der Waals surface area contributed by atoms with Crippen LogP contribution in [0, 0.1) is 19.7 Å².